The zero-order valence-corrected chi connectivity index (χ0v) is 18.5. The van der Waals surface area contributed by atoms with Crippen LogP contribution in [0.3, 0.4) is 0 Å². The summed E-state index contributed by atoms with van der Waals surface area (Å²) in [6, 6.07) is 20.9. The molecule has 0 saturated heterocycles. The highest BCUT2D eigenvalue weighted by atomic mass is 32.2. The van der Waals surface area contributed by atoms with Crippen molar-refractivity contribution in [3.8, 4) is 11.5 Å². The minimum atomic E-state index is -4.73. The summed E-state index contributed by atoms with van der Waals surface area (Å²) in [5.41, 5.74) is 3.43. The molecule has 0 unspecified atom stereocenters. The van der Waals surface area contributed by atoms with Crippen LogP contribution in [0.5, 0.6) is 11.5 Å². The fraction of sp³-hybridized carbons (Fsp3) is 0.160. The largest absolute Gasteiger partial charge is 0.573 e. The Kier molecular flexibility index (Phi) is 8.06. The molecule has 0 aliphatic heterocycles. The van der Waals surface area contributed by atoms with Crippen molar-refractivity contribution in [3.63, 3.8) is 0 Å². The lowest BCUT2D eigenvalue weighted by Crippen LogP contribution is -2.17. The van der Waals surface area contributed by atoms with E-state index in [9.17, 15) is 18.0 Å². The Hall–Kier alpha value is -3.39. The first-order valence-electron chi connectivity index (χ1n) is 9.91. The number of thioether (sulfide) groups is 1. The smallest absolute Gasteiger partial charge is 0.482 e. The van der Waals surface area contributed by atoms with Crippen LogP contribution in [0, 0.1) is 6.92 Å². The molecule has 3 aromatic carbocycles. The Morgan fingerprint density at radius 1 is 1.00 bits per heavy atom. The average Bonchev–Trinajstić information content (AvgIpc) is 2.76. The van der Waals surface area contributed by atoms with Crippen LogP contribution in [0.2, 0.25) is 0 Å². The predicted octanol–water partition coefficient (Wildman–Crippen LogP) is 6.58. The maximum absolute atomic E-state index is 12.5. The summed E-state index contributed by atoms with van der Waals surface area (Å²) >= 11 is 1.57. The normalized spacial score (nSPS) is 11.8. The summed E-state index contributed by atoms with van der Waals surface area (Å²) in [4.78, 5) is 11.7. The van der Waals surface area contributed by atoms with Gasteiger partial charge in [-0.1, -0.05) is 48.5 Å². The predicted molar refractivity (Wildman–Crippen MR) is 122 cm³/mol. The van der Waals surface area contributed by atoms with E-state index in [2.05, 4.69) is 4.74 Å². The molecule has 0 aliphatic carbocycles. The van der Waals surface area contributed by atoms with Crippen LogP contribution in [0.25, 0.3) is 5.57 Å². The van der Waals surface area contributed by atoms with E-state index >= 15 is 0 Å². The molecule has 0 atom stereocenters. The van der Waals surface area contributed by atoms with Crippen LogP contribution in [0.15, 0.2) is 83.8 Å². The van der Waals surface area contributed by atoms with E-state index in [1.165, 1.54) is 12.1 Å². The van der Waals surface area contributed by atoms with Gasteiger partial charge in [-0.25, -0.2) is 4.79 Å². The summed E-state index contributed by atoms with van der Waals surface area (Å²) in [7, 11) is 0. The number of carboxylic acids is 1. The second-order valence-electron chi connectivity index (χ2n) is 6.98. The molecule has 0 heterocycles. The first-order chi connectivity index (χ1) is 15.7. The molecule has 0 fully saturated rings. The highest BCUT2D eigenvalue weighted by molar-refractivity contribution is 7.99. The average molecular weight is 475 g/mol. The number of benzene rings is 3. The molecular weight excluding hydrogens is 453 g/mol. The first kappa shape index (κ1) is 24.3. The summed E-state index contributed by atoms with van der Waals surface area (Å²) in [6.07, 6.45) is -2.72. The second kappa shape index (κ2) is 11.0. The van der Waals surface area contributed by atoms with Gasteiger partial charge in [0.1, 0.15) is 11.5 Å². The highest BCUT2D eigenvalue weighted by Gasteiger charge is 2.31. The van der Waals surface area contributed by atoms with Crippen molar-refractivity contribution >= 4 is 23.3 Å². The zero-order chi connectivity index (χ0) is 23.8. The molecule has 3 rings (SSSR count). The van der Waals surface area contributed by atoms with Crippen molar-refractivity contribution in [2.75, 3.05) is 12.4 Å². The van der Waals surface area contributed by atoms with Gasteiger partial charge in [0.15, 0.2) is 6.61 Å². The van der Waals surface area contributed by atoms with Gasteiger partial charge in [0.2, 0.25) is 0 Å². The van der Waals surface area contributed by atoms with Gasteiger partial charge in [0.25, 0.3) is 0 Å². The van der Waals surface area contributed by atoms with Gasteiger partial charge >= 0.3 is 12.3 Å². The lowest BCUT2D eigenvalue weighted by atomic mass is 9.98. The lowest BCUT2D eigenvalue weighted by Gasteiger charge is -2.12. The van der Waals surface area contributed by atoms with Gasteiger partial charge in [-0.2, -0.15) is 0 Å². The van der Waals surface area contributed by atoms with Crippen molar-refractivity contribution in [3.05, 3.63) is 95.6 Å². The Morgan fingerprint density at radius 3 is 2.27 bits per heavy atom. The molecule has 0 bridgehead atoms. The van der Waals surface area contributed by atoms with E-state index in [-0.39, 0.29) is 5.75 Å². The van der Waals surface area contributed by atoms with Crippen molar-refractivity contribution in [2.45, 2.75) is 18.2 Å². The molecule has 0 amide bonds. The molecular formula is C25H21F3O4S. The van der Waals surface area contributed by atoms with Gasteiger partial charge in [-0.05, 0) is 59.5 Å². The Balaban J connectivity index is 1.76. The van der Waals surface area contributed by atoms with Crippen LogP contribution in [0.4, 0.5) is 13.2 Å². The summed E-state index contributed by atoms with van der Waals surface area (Å²) in [5.74, 6) is -0.179. The minimum absolute atomic E-state index is 0.270. The third kappa shape index (κ3) is 7.61. The molecule has 0 saturated carbocycles. The number of rotatable bonds is 9. The standard InChI is InChI=1S/C25H21F3O4S/c1-17-15-21(11-12-23(17)31-16-24(29)30)33-14-13-22(18-5-3-2-4-6-18)19-7-9-20(10-8-19)32-25(26,27)28/h2-13,15H,14,16H2,1H3,(H,29,30). The number of aryl methyl sites for hydroxylation is 1. The number of aliphatic carboxylic acids is 1. The van der Waals surface area contributed by atoms with Crippen LogP contribution in [0.1, 0.15) is 16.7 Å². The van der Waals surface area contributed by atoms with E-state index in [1.54, 1.807) is 30.0 Å². The van der Waals surface area contributed by atoms with E-state index in [1.807, 2.05) is 55.5 Å². The molecule has 8 heteroatoms. The van der Waals surface area contributed by atoms with E-state index < -0.39 is 18.9 Å². The third-order valence-corrected chi connectivity index (χ3v) is 5.44. The monoisotopic (exact) mass is 474 g/mol. The number of hydrogen-bond acceptors (Lipinski definition) is 4. The van der Waals surface area contributed by atoms with Crippen molar-refractivity contribution in [1.29, 1.82) is 0 Å². The molecule has 33 heavy (non-hydrogen) atoms. The Bertz CT molecular complexity index is 1110. The Labute approximate surface area is 193 Å². The van der Waals surface area contributed by atoms with Gasteiger partial charge < -0.3 is 14.6 Å². The van der Waals surface area contributed by atoms with Gasteiger partial charge in [0.05, 0.1) is 0 Å². The van der Waals surface area contributed by atoms with Crippen molar-refractivity contribution in [2.24, 2.45) is 0 Å². The number of carbonyl (C=O) groups is 1. The van der Waals surface area contributed by atoms with Crippen LogP contribution in [-0.2, 0) is 4.79 Å². The third-order valence-electron chi connectivity index (χ3n) is 4.52. The summed E-state index contributed by atoms with van der Waals surface area (Å²) < 4.78 is 46.6. The van der Waals surface area contributed by atoms with E-state index in [0.29, 0.717) is 11.5 Å². The van der Waals surface area contributed by atoms with Gasteiger partial charge in [0, 0.05) is 10.6 Å². The first-order valence-corrected chi connectivity index (χ1v) is 10.9. The van der Waals surface area contributed by atoms with Crippen molar-refractivity contribution < 1.29 is 32.5 Å². The van der Waals surface area contributed by atoms with Crippen LogP contribution < -0.4 is 9.47 Å². The van der Waals surface area contributed by atoms with E-state index in [4.69, 9.17) is 9.84 Å². The number of hydrogen-bond donors (Lipinski definition) is 1. The zero-order valence-electron chi connectivity index (χ0n) is 17.6. The van der Waals surface area contributed by atoms with Crippen molar-refractivity contribution in [1.82, 2.24) is 0 Å². The van der Waals surface area contributed by atoms with Crippen LogP contribution >= 0.6 is 11.8 Å². The van der Waals surface area contributed by atoms with Gasteiger partial charge in [-0.15, -0.1) is 24.9 Å². The molecule has 1 N–H and O–H groups in total. The minimum Gasteiger partial charge on any atom is -0.482 e. The summed E-state index contributed by atoms with van der Waals surface area (Å²) in [5, 5.41) is 8.75. The Morgan fingerprint density at radius 2 is 1.67 bits per heavy atom. The lowest BCUT2D eigenvalue weighted by molar-refractivity contribution is -0.274. The second-order valence-corrected chi connectivity index (χ2v) is 8.07. The molecule has 0 aromatic heterocycles. The molecule has 0 radical (unpaired) electrons. The molecule has 3 aromatic rings. The molecule has 0 aliphatic rings. The van der Waals surface area contributed by atoms with Crippen LogP contribution in [-0.4, -0.2) is 29.8 Å². The fourth-order valence-electron chi connectivity index (χ4n) is 3.09. The van der Waals surface area contributed by atoms with E-state index in [0.717, 1.165) is 27.2 Å². The maximum atomic E-state index is 12.5. The molecule has 172 valence electrons. The topological polar surface area (TPSA) is 55.8 Å². The highest BCUT2D eigenvalue weighted by Crippen LogP contribution is 2.30. The quantitative estimate of drug-likeness (QED) is 0.355. The number of ether oxygens (including phenoxy) is 2. The number of alkyl halides is 3. The molecule has 0 spiro atoms. The summed E-state index contributed by atoms with van der Waals surface area (Å²) in [6.45, 7) is 1.44. The number of carboxylic acid groups (broad SMARTS) is 1. The maximum Gasteiger partial charge on any atom is 0.573 e. The fourth-order valence-corrected chi connectivity index (χ4v) is 3.96. The van der Waals surface area contributed by atoms with Gasteiger partial charge in [-0.3, -0.25) is 0 Å². The SMILES string of the molecule is Cc1cc(SCC=C(c2ccccc2)c2ccc(OC(F)(F)F)cc2)ccc1OCC(=O)O. The number of halogens is 3. The molecule has 4 nitrogen and oxygen atoms in total.